The van der Waals surface area contributed by atoms with Crippen molar-refractivity contribution in [1.82, 2.24) is 24.1 Å². The first-order chi connectivity index (χ1) is 19.9. The minimum Gasteiger partial charge on any atom is -0.388 e. The lowest BCUT2D eigenvalue weighted by Gasteiger charge is -2.38. The van der Waals surface area contributed by atoms with E-state index in [1.807, 2.05) is 29.2 Å². The molecule has 8 nitrogen and oxygen atoms in total. The van der Waals surface area contributed by atoms with Gasteiger partial charge < -0.3 is 10.0 Å². The molecule has 41 heavy (non-hydrogen) atoms. The number of carbonyl (C=O) groups is 1. The minimum atomic E-state index is -1.10. The van der Waals surface area contributed by atoms with Crippen LogP contribution in [0.3, 0.4) is 0 Å². The first kappa shape index (κ1) is 26.4. The molecule has 0 bridgehead atoms. The number of imidazole rings is 1. The van der Waals surface area contributed by atoms with Crippen LogP contribution in [0, 0.1) is 12.3 Å². The van der Waals surface area contributed by atoms with Crippen molar-refractivity contribution in [3.8, 4) is 11.3 Å². The Bertz CT molecular complexity index is 1670. The van der Waals surface area contributed by atoms with Crippen LogP contribution in [0.4, 0.5) is 0 Å². The lowest BCUT2D eigenvalue weighted by molar-refractivity contribution is -0.136. The molecule has 4 aromatic rings. The van der Waals surface area contributed by atoms with Crippen LogP contribution in [0.2, 0.25) is 5.02 Å². The number of nitrogens with zero attached hydrogens (tertiary/aromatic N) is 5. The van der Waals surface area contributed by atoms with Gasteiger partial charge in [-0.25, -0.2) is 9.50 Å². The fourth-order valence-electron chi connectivity index (χ4n) is 6.56. The van der Waals surface area contributed by atoms with Gasteiger partial charge in [0.25, 0.3) is 5.56 Å². The molecule has 3 aliphatic rings. The van der Waals surface area contributed by atoms with Crippen molar-refractivity contribution >= 4 is 23.2 Å². The van der Waals surface area contributed by atoms with Crippen molar-refractivity contribution in [2.24, 2.45) is 5.92 Å². The summed E-state index contributed by atoms with van der Waals surface area (Å²) in [5, 5.41) is 16.6. The zero-order valence-electron chi connectivity index (χ0n) is 22.9. The van der Waals surface area contributed by atoms with E-state index in [9.17, 15) is 14.7 Å². The third kappa shape index (κ3) is 5.08. The average Bonchev–Trinajstić information content (AvgIpc) is 3.53. The van der Waals surface area contributed by atoms with E-state index in [-0.39, 0.29) is 29.6 Å². The van der Waals surface area contributed by atoms with Gasteiger partial charge in [-0.15, -0.1) is 0 Å². The highest BCUT2D eigenvalue weighted by atomic mass is 35.5. The standard InChI is InChI=1S/C32H33ClN5O3/c33-27-16-24(15-23-7-4-8-25(23)27)28-18-34-30-31(40)37(20-35-38(28)30)19-32(41)11-13-36(14-12-32)29(39)17-26(22-9-10-22)21-5-2-1-3-6-21/h1-3,5-6,8,15-16,18,20,22,26,41H,4,7,9-14,17,19H2. The summed E-state index contributed by atoms with van der Waals surface area (Å²) in [5.74, 6) is 0.979. The number of fused-ring (bicyclic) bond motifs is 2. The molecule has 0 spiro atoms. The summed E-state index contributed by atoms with van der Waals surface area (Å²) in [6, 6.07) is 14.3. The maximum atomic E-state index is 13.4. The average molecular weight is 571 g/mol. The highest BCUT2D eigenvalue weighted by Gasteiger charge is 2.38. The highest BCUT2D eigenvalue weighted by Crippen LogP contribution is 2.45. The number of hydrogen-bond acceptors (Lipinski definition) is 5. The maximum absolute atomic E-state index is 13.4. The van der Waals surface area contributed by atoms with Crippen molar-refractivity contribution in [2.75, 3.05) is 13.1 Å². The summed E-state index contributed by atoms with van der Waals surface area (Å²) in [4.78, 5) is 32.9. The normalized spacial score (nSPS) is 18.9. The van der Waals surface area contributed by atoms with Gasteiger partial charge in [-0.05, 0) is 85.6 Å². The molecular weight excluding hydrogens is 538 g/mol. The number of piperidine rings is 1. The summed E-state index contributed by atoms with van der Waals surface area (Å²) in [5.41, 5.74) is 3.86. The summed E-state index contributed by atoms with van der Waals surface area (Å²) >= 11 is 6.52. The molecule has 1 unspecified atom stereocenters. The molecular formula is C32H33ClN5O3. The number of halogens is 1. The number of aromatic nitrogens is 4. The number of hydrogen-bond donors (Lipinski definition) is 1. The predicted molar refractivity (Wildman–Crippen MR) is 157 cm³/mol. The third-order valence-electron chi connectivity index (χ3n) is 9.09. The number of amides is 1. The minimum absolute atomic E-state index is 0.106. The quantitative estimate of drug-likeness (QED) is 0.349. The molecule has 1 atom stereocenters. The second-order valence-corrected chi connectivity index (χ2v) is 12.3. The van der Waals surface area contributed by atoms with E-state index < -0.39 is 5.60 Å². The number of carbonyl (C=O) groups excluding carboxylic acids is 1. The summed E-state index contributed by atoms with van der Waals surface area (Å²) < 4.78 is 2.98. The van der Waals surface area contributed by atoms with Crippen molar-refractivity contribution in [3.05, 3.63) is 93.5 Å². The van der Waals surface area contributed by atoms with Gasteiger partial charge in [0.05, 0.1) is 24.0 Å². The Morgan fingerprint density at radius 2 is 1.93 bits per heavy atom. The number of aliphatic hydroxyl groups is 1. The Balaban J connectivity index is 1.04. The molecule has 1 amide bonds. The smallest absolute Gasteiger partial charge is 0.296 e. The van der Waals surface area contributed by atoms with Crippen molar-refractivity contribution < 1.29 is 9.90 Å². The summed E-state index contributed by atoms with van der Waals surface area (Å²) in [6.07, 6.45) is 10.8. The van der Waals surface area contributed by atoms with Crippen LogP contribution in [-0.4, -0.2) is 53.8 Å². The number of aryl methyl sites for hydroxylation is 1. The zero-order valence-corrected chi connectivity index (χ0v) is 23.6. The molecule has 3 heterocycles. The highest BCUT2D eigenvalue weighted by molar-refractivity contribution is 6.32. The Hall–Kier alpha value is -3.49. The fraction of sp³-hybridized carbons (Fsp3) is 0.406. The molecule has 1 saturated heterocycles. The van der Waals surface area contributed by atoms with E-state index in [0.717, 1.165) is 24.0 Å². The van der Waals surface area contributed by atoms with E-state index in [4.69, 9.17) is 11.6 Å². The predicted octanol–water partition coefficient (Wildman–Crippen LogP) is 4.65. The Labute approximate surface area is 243 Å². The second-order valence-electron chi connectivity index (χ2n) is 11.9. The largest absolute Gasteiger partial charge is 0.388 e. The van der Waals surface area contributed by atoms with Gasteiger partial charge in [0.1, 0.15) is 6.33 Å². The topological polar surface area (TPSA) is 92.7 Å². The van der Waals surface area contributed by atoms with Crippen molar-refractivity contribution in [2.45, 2.75) is 63.0 Å². The molecule has 1 aliphatic heterocycles. The summed E-state index contributed by atoms with van der Waals surface area (Å²) in [7, 11) is 0. The van der Waals surface area contributed by atoms with Crippen LogP contribution < -0.4 is 5.56 Å². The maximum Gasteiger partial charge on any atom is 0.296 e. The van der Waals surface area contributed by atoms with Gasteiger partial charge in [-0.3, -0.25) is 14.2 Å². The van der Waals surface area contributed by atoms with E-state index in [1.54, 1.807) is 10.7 Å². The lowest BCUT2D eigenvalue weighted by atomic mass is 9.88. The van der Waals surface area contributed by atoms with Gasteiger partial charge in [0, 0.05) is 30.1 Å². The Kier molecular flexibility index (Phi) is 6.70. The van der Waals surface area contributed by atoms with Gasteiger partial charge in [0.2, 0.25) is 11.6 Å². The molecule has 7 rings (SSSR count). The second kappa shape index (κ2) is 10.4. The molecule has 1 radical (unpaired) electrons. The number of benzene rings is 2. The van der Waals surface area contributed by atoms with Gasteiger partial charge in [-0.2, -0.15) is 5.10 Å². The van der Waals surface area contributed by atoms with Crippen molar-refractivity contribution in [1.29, 1.82) is 0 Å². The Morgan fingerprint density at radius 3 is 2.68 bits per heavy atom. The number of rotatable bonds is 7. The fourth-order valence-corrected chi connectivity index (χ4v) is 6.88. The van der Waals surface area contributed by atoms with E-state index in [1.165, 1.54) is 34.9 Å². The van der Waals surface area contributed by atoms with Crippen LogP contribution in [0.25, 0.3) is 16.9 Å². The summed E-state index contributed by atoms with van der Waals surface area (Å²) in [6.45, 7) is 1.04. The third-order valence-corrected chi connectivity index (χ3v) is 9.41. The first-order valence-corrected chi connectivity index (χ1v) is 14.9. The molecule has 211 valence electrons. The van der Waals surface area contributed by atoms with Crippen LogP contribution in [0.5, 0.6) is 0 Å². The van der Waals surface area contributed by atoms with Crippen LogP contribution in [-0.2, 0) is 17.8 Å². The monoisotopic (exact) mass is 570 g/mol. The lowest BCUT2D eigenvalue weighted by Crippen LogP contribution is -2.50. The molecule has 9 heteroatoms. The van der Waals surface area contributed by atoms with Crippen LogP contribution >= 0.6 is 11.6 Å². The zero-order chi connectivity index (χ0) is 28.1. The van der Waals surface area contributed by atoms with E-state index >= 15 is 0 Å². The Morgan fingerprint density at radius 1 is 1.15 bits per heavy atom. The first-order valence-electron chi connectivity index (χ1n) is 14.5. The van der Waals surface area contributed by atoms with Crippen molar-refractivity contribution in [3.63, 3.8) is 0 Å². The molecule has 1 saturated carbocycles. The molecule has 2 aliphatic carbocycles. The van der Waals surface area contributed by atoms with Crippen LogP contribution in [0.15, 0.2) is 59.8 Å². The SMILES string of the molecule is O=C(CC(c1ccccc1)C1CC1)N1CCC(O)(Cn2cnn3c(-c4cc(Cl)c5c(c4)CC[CH]5)cnc3c2=O)CC1. The molecule has 2 fully saturated rings. The van der Waals surface area contributed by atoms with Gasteiger partial charge in [0.15, 0.2) is 0 Å². The van der Waals surface area contributed by atoms with Crippen LogP contribution in [0.1, 0.15) is 61.1 Å². The molecule has 2 aromatic carbocycles. The molecule has 1 N–H and O–H groups in total. The van der Waals surface area contributed by atoms with E-state index in [0.29, 0.717) is 49.0 Å². The van der Waals surface area contributed by atoms with Gasteiger partial charge >= 0.3 is 0 Å². The number of likely N-dealkylation sites (tertiary alicyclic amines) is 1. The molecule has 2 aromatic heterocycles. The van der Waals surface area contributed by atoms with E-state index in [2.05, 4.69) is 34.7 Å². The van der Waals surface area contributed by atoms with Gasteiger partial charge in [-0.1, -0.05) is 41.9 Å².